The maximum absolute atomic E-state index is 5.98. The Morgan fingerprint density at radius 1 is 1.38 bits per heavy atom. The predicted octanol–water partition coefficient (Wildman–Crippen LogP) is 3.50. The summed E-state index contributed by atoms with van der Waals surface area (Å²) >= 11 is 5.98. The summed E-state index contributed by atoms with van der Waals surface area (Å²) in [6, 6.07) is 8.06. The van der Waals surface area contributed by atoms with Gasteiger partial charge in [0.05, 0.1) is 11.6 Å². The monoisotopic (exact) mass is 241 g/mol. The van der Waals surface area contributed by atoms with E-state index in [4.69, 9.17) is 16.3 Å². The molecule has 0 aliphatic rings. The Morgan fingerprint density at radius 2 is 2.12 bits per heavy atom. The number of halogens is 1. The van der Waals surface area contributed by atoms with Gasteiger partial charge in [0.2, 0.25) is 0 Å². The van der Waals surface area contributed by atoms with E-state index in [0.717, 1.165) is 25.1 Å². The van der Waals surface area contributed by atoms with Crippen molar-refractivity contribution in [2.24, 2.45) is 0 Å². The van der Waals surface area contributed by atoms with E-state index in [1.165, 1.54) is 0 Å². The van der Waals surface area contributed by atoms with E-state index in [-0.39, 0.29) is 0 Å². The molecule has 1 atom stereocenters. The Labute approximate surface area is 103 Å². The first-order valence-electron chi connectivity index (χ1n) is 5.84. The second kappa shape index (κ2) is 7.53. The fourth-order valence-electron chi connectivity index (χ4n) is 1.40. The lowest BCUT2D eigenvalue weighted by molar-refractivity contribution is 0.290. The first-order chi connectivity index (χ1) is 7.74. The highest BCUT2D eigenvalue weighted by Gasteiger charge is 2.02. The molecule has 0 heterocycles. The van der Waals surface area contributed by atoms with Gasteiger partial charge in [-0.25, -0.2) is 0 Å². The molecule has 0 saturated carbocycles. The molecule has 16 heavy (non-hydrogen) atoms. The van der Waals surface area contributed by atoms with Crippen molar-refractivity contribution in [3.8, 4) is 5.75 Å². The highest BCUT2D eigenvalue weighted by Crippen LogP contribution is 2.23. The number of rotatable bonds is 7. The van der Waals surface area contributed by atoms with Crippen LogP contribution in [0.5, 0.6) is 5.75 Å². The molecule has 0 spiro atoms. The minimum absolute atomic E-state index is 0.488. The van der Waals surface area contributed by atoms with E-state index in [9.17, 15) is 0 Å². The molecule has 90 valence electrons. The quantitative estimate of drug-likeness (QED) is 0.789. The summed E-state index contributed by atoms with van der Waals surface area (Å²) in [4.78, 5) is 0. The van der Waals surface area contributed by atoms with Crippen molar-refractivity contribution in [2.45, 2.75) is 32.7 Å². The molecule has 0 amide bonds. The average Bonchev–Trinajstić information content (AvgIpc) is 2.29. The van der Waals surface area contributed by atoms with Crippen LogP contribution in [0.1, 0.15) is 26.7 Å². The van der Waals surface area contributed by atoms with Crippen LogP contribution in [0.3, 0.4) is 0 Å². The van der Waals surface area contributed by atoms with Crippen molar-refractivity contribution in [2.75, 3.05) is 13.2 Å². The van der Waals surface area contributed by atoms with Crippen LogP contribution in [0.25, 0.3) is 0 Å². The third kappa shape index (κ3) is 4.86. The van der Waals surface area contributed by atoms with E-state index < -0.39 is 0 Å². The molecule has 0 aliphatic carbocycles. The molecule has 2 nitrogen and oxygen atoms in total. The number of ether oxygens (including phenoxy) is 1. The molecule has 0 aliphatic heterocycles. The van der Waals surface area contributed by atoms with Crippen molar-refractivity contribution in [3.63, 3.8) is 0 Å². The summed E-state index contributed by atoms with van der Waals surface area (Å²) in [5, 5.41) is 4.10. The SMILES string of the molecule is CCCNC(C)CCOc1ccccc1Cl. The van der Waals surface area contributed by atoms with Crippen LogP contribution in [0, 0.1) is 0 Å². The molecule has 1 unspecified atom stereocenters. The predicted molar refractivity (Wildman–Crippen MR) is 69.3 cm³/mol. The molecule has 3 heteroatoms. The third-order valence-corrected chi connectivity index (χ3v) is 2.70. The number of benzene rings is 1. The zero-order valence-corrected chi connectivity index (χ0v) is 10.8. The average molecular weight is 242 g/mol. The second-order valence-electron chi connectivity index (χ2n) is 3.92. The zero-order chi connectivity index (χ0) is 11.8. The fraction of sp³-hybridized carbons (Fsp3) is 0.538. The van der Waals surface area contributed by atoms with Gasteiger partial charge in [-0.15, -0.1) is 0 Å². The van der Waals surface area contributed by atoms with E-state index in [1.54, 1.807) is 0 Å². The molecule has 0 bridgehead atoms. The van der Waals surface area contributed by atoms with E-state index in [0.29, 0.717) is 17.7 Å². The molecule has 0 fully saturated rings. The van der Waals surface area contributed by atoms with Crippen LogP contribution in [0.4, 0.5) is 0 Å². The molecular weight excluding hydrogens is 222 g/mol. The minimum Gasteiger partial charge on any atom is -0.492 e. The number of hydrogen-bond donors (Lipinski definition) is 1. The molecule has 1 rings (SSSR count). The number of nitrogens with one attached hydrogen (secondary N) is 1. The Hall–Kier alpha value is -0.730. The van der Waals surface area contributed by atoms with Crippen molar-refractivity contribution in [3.05, 3.63) is 29.3 Å². The lowest BCUT2D eigenvalue weighted by Crippen LogP contribution is -2.28. The Balaban J connectivity index is 2.23. The molecule has 1 aromatic rings. The van der Waals surface area contributed by atoms with Crippen LogP contribution >= 0.6 is 11.6 Å². The van der Waals surface area contributed by atoms with Crippen molar-refractivity contribution in [1.82, 2.24) is 5.32 Å². The van der Waals surface area contributed by atoms with Gasteiger partial charge in [-0.05, 0) is 38.4 Å². The van der Waals surface area contributed by atoms with Gasteiger partial charge in [0.1, 0.15) is 5.75 Å². The normalized spacial score (nSPS) is 12.4. The minimum atomic E-state index is 0.488. The van der Waals surface area contributed by atoms with Gasteiger partial charge in [0, 0.05) is 6.04 Å². The first kappa shape index (κ1) is 13.3. The highest BCUT2D eigenvalue weighted by molar-refractivity contribution is 6.32. The molecular formula is C13H20ClNO. The number of para-hydroxylation sites is 1. The molecule has 1 N–H and O–H groups in total. The zero-order valence-electron chi connectivity index (χ0n) is 10.0. The van der Waals surface area contributed by atoms with Crippen LogP contribution in [-0.2, 0) is 0 Å². The number of hydrogen-bond acceptors (Lipinski definition) is 2. The van der Waals surface area contributed by atoms with Gasteiger partial charge in [0.15, 0.2) is 0 Å². The Bertz CT molecular complexity index is 304. The summed E-state index contributed by atoms with van der Waals surface area (Å²) in [6.45, 7) is 6.10. The van der Waals surface area contributed by atoms with Gasteiger partial charge in [-0.1, -0.05) is 30.7 Å². The smallest absolute Gasteiger partial charge is 0.137 e. The van der Waals surface area contributed by atoms with Crippen LogP contribution in [-0.4, -0.2) is 19.2 Å². The van der Waals surface area contributed by atoms with Crippen molar-refractivity contribution >= 4 is 11.6 Å². The summed E-state index contributed by atoms with van der Waals surface area (Å²) in [6.07, 6.45) is 2.15. The third-order valence-electron chi connectivity index (χ3n) is 2.39. The maximum atomic E-state index is 5.98. The summed E-state index contributed by atoms with van der Waals surface area (Å²) < 4.78 is 5.62. The van der Waals surface area contributed by atoms with Gasteiger partial charge < -0.3 is 10.1 Å². The van der Waals surface area contributed by atoms with Crippen molar-refractivity contribution < 1.29 is 4.74 Å². The largest absolute Gasteiger partial charge is 0.492 e. The van der Waals surface area contributed by atoms with Crippen LogP contribution in [0.2, 0.25) is 5.02 Å². The van der Waals surface area contributed by atoms with Crippen LogP contribution in [0.15, 0.2) is 24.3 Å². The standard InChI is InChI=1S/C13H20ClNO/c1-3-9-15-11(2)8-10-16-13-7-5-4-6-12(13)14/h4-7,11,15H,3,8-10H2,1-2H3. The fourth-order valence-corrected chi connectivity index (χ4v) is 1.59. The van der Waals surface area contributed by atoms with E-state index >= 15 is 0 Å². The maximum Gasteiger partial charge on any atom is 0.137 e. The van der Waals surface area contributed by atoms with Crippen LogP contribution < -0.4 is 10.1 Å². The van der Waals surface area contributed by atoms with Gasteiger partial charge >= 0.3 is 0 Å². The topological polar surface area (TPSA) is 21.3 Å². The molecule has 0 saturated heterocycles. The van der Waals surface area contributed by atoms with Gasteiger partial charge in [-0.2, -0.15) is 0 Å². The van der Waals surface area contributed by atoms with E-state index in [2.05, 4.69) is 19.2 Å². The van der Waals surface area contributed by atoms with Gasteiger partial charge in [0.25, 0.3) is 0 Å². The van der Waals surface area contributed by atoms with E-state index in [1.807, 2.05) is 24.3 Å². The lowest BCUT2D eigenvalue weighted by Gasteiger charge is -2.14. The summed E-state index contributed by atoms with van der Waals surface area (Å²) in [7, 11) is 0. The molecule has 0 radical (unpaired) electrons. The summed E-state index contributed by atoms with van der Waals surface area (Å²) in [5.74, 6) is 0.770. The molecule has 0 aromatic heterocycles. The molecule has 1 aromatic carbocycles. The second-order valence-corrected chi connectivity index (χ2v) is 4.33. The summed E-state index contributed by atoms with van der Waals surface area (Å²) in [5.41, 5.74) is 0. The highest BCUT2D eigenvalue weighted by atomic mass is 35.5. The van der Waals surface area contributed by atoms with Gasteiger partial charge in [-0.3, -0.25) is 0 Å². The Morgan fingerprint density at radius 3 is 2.81 bits per heavy atom. The Kier molecular flexibility index (Phi) is 6.27. The van der Waals surface area contributed by atoms with Crippen molar-refractivity contribution in [1.29, 1.82) is 0 Å². The first-order valence-corrected chi connectivity index (χ1v) is 6.22. The lowest BCUT2D eigenvalue weighted by atomic mass is 10.2.